The molecule has 2 fully saturated rings. The van der Waals surface area contributed by atoms with Gasteiger partial charge in [0.2, 0.25) is 0 Å². The summed E-state index contributed by atoms with van der Waals surface area (Å²) in [5.74, 6) is 1.11. The minimum absolute atomic E-state index is 0.245. The summed E-state index contributed by atoms with van der Waals surface area (Å²) < 4.78 is 11.2. The molecule has 1 aromatic rings. The number of ether oxygens (including phenoxy) is 2. The van der Waals surface area contributed by atoms with Gasteiger partial charge in [0, 0.05) is 25.5 Å². The second-order valence-corrected chi connectivity index (χ2v) is 7.71. The molecule has 0 bridgehead atoms. The first kappa shape index (κ1) is 17.5. The van der Waals surface area contributed by atoms with Crippen LogP contribution in [0.1, 0.15) is 61.8 Å². The third kappa shape index (κ3) is 4.25. The van der Waals surface area contributed by atoms with Crippen molar-refractivity contribution in [3.63, 3.8) is 0 Å². The minimum Gasteiger partial charge on any atom is -0.389 e. The van der Waals surface area contributed by atoms with Crippen molar-refractivity contribution in [3.8, 4) is 0 Å². The molecule has 1 aliphatic carbocycles. The summed E-state index contributed by atoms with van der Waals surface area (Å²) >= 11 is 0. The first-order valence-corrected chi connectivity index (χ1v) is 9.98. The van der Waals surface area contributed by atoms with Gasteiger partial charge in [0.05, 0.1) is 30.6 Å². The predicted molar refractivity (Wildman–Crippen MR) is 94.6 cm³/mol. The van der Waals surface area contributed by atoms with Gasteiger partial charge in [0.25, 0.3) is 0 Å². The Morgan fingerprint density at radius 1 is 1.20 bits per heavy atom. The number of nitrogens with zero attached hydrogens (tertiary/aromatic N) is 2. The van der Waals surface area contributed by atoms with Crippen LogP contribution >= 0.6 is 0 Å². The van der Waals surface area contributed by atoms with Crippen molar-refractivity contribution in [2.75, 3.05) is 32.9 Å². The zero-order valence-electron chi connectivity index (χ0n) is 15.1. The van der Waals surface area contributed by atoms with Crippen molar-refractivity contribution in [2.24, 2.45) is 0 Å². The van der Waals surface area contributed by atoms with Crippen molar-refractivity contribution in [1.29, 1.82) is 0 Å². The monoisotopic (exact) mass is 349 g/mol. The molecule has 6 nitrogen and oxygen atoms in total. The van der Waals surface area contributed by atoms with Crippen LogP contribution < -0.4 is 0 Å². The van der Waals surface area contributed by atoms with E-state index in [-0.39, 0.29) is 6.10 Å². The number of aliphatic hydroxyl groups is 1. The molecule has 0 spiro atoms. The summed E-state index contributed by atoms with van der Waals surface area (Å²) in [6.45, 7) is 3.67. The molecule has 25 heavy (non-hydrogen) atoms. The lowest BCUT2D eigenvalue weighted by Crippen LogP contribution is -2.36. The third-order valence-corrected chi connectivity index (χ3v) is 5.79. The normalized spacial score (nSPS) is 26.7. The zero-order chi connectivity index (χ0) is 17.1. The van der Waals surface area contributed by atoms with E-state index in [9.17, 15) is 5.11 Å². The Hall–Kier alpha value is -0.950. The summed E-state index contributed by atoms with van der Waals surface area (Å²) in [7, 11) is 0. The highest BCUT2D eigenvalue weighted by Crippen LogP contribution is 2.32. The summed E-state index contributed by atoms with van der Waals surface area (Å²) in [5.41, 5.74) is 2.62. The van der Waals surface area contributed by atoms with Gasteiger partial charge in [0.1, 0.15) is 5.82 Å². The molecule has 2 aliphatic heterocycles. The predicted octanol–water partition coefficient (Wildman–Crippen LogP) is 1.98. The van der Waals surface area contributed by atoms with Crippen molar-refractivity contribution in [2.45, 2.75) is 69.6 Å². The van der Waals surface area contributed by atoms with Gasteiger partial charge in [-0.05, 0) is 57.9 Å². The fourth-order valence-corrected chi connectivity index (χ4v) is 4.40. The Balaban J connectivity index is 1.31. The number of aromatic nitrogens is 2. The highest BCUT2D eigenvalue weighted by atomic mass is 16.5. The molecule has 0 aromatic carbocycles. The van der Waals surface area contributed by atoms with E-state index >= 15 is 0 Å². The Labute approximate surface area is 149 Å². The number of fused-ring (bicyclic) bond motifs is 1. The van der Waals surface area contributed by atoms with E-state index in [1.54, 1.807) is 0 Å². The number of likely N-dealkylation sites (tertiary alicyclic amines) is 1. The molecule has 140 valence electrons. The summed E-state index contributed by atoms with van der Waals surface area (Å²) in [6.07, 6.45) is 8.76. The Kier molecular flexibility index (Phi) is 5.70. The fourth-order valence-electron chi connectivity index (χ4n) is 4.40. The van der Waals surface area contributed by atoms with E-state index in [4.69, 9.17) is 14.5 Å². The van der Waals surface area contributed by atoms with Gasteiger partial charge in [-0.3, -0.25) is 4.90 Å². The Morgan fingerprint density at radius 2 is 2.04 bits per heavy atom. The first-order valence-electron chi connectivity index (χ1n) is 9.98. The molecule has 6 heteroatoms. The Morgan fingerprint density at radius 3 is 2.88 bits per heavy atom. The molecule has 0 unspecified atom stereocenters. The van der Waals surface area contributed by atoms with Gasteiger partial charge in [-0.1, -0.05) is 0 Å². The van der Waals surface area contributed by atoms with E-state index in [1.807, 2.05) is 0 Å². The van der Waals surface area contributed by atoms with E-state index in [0.717, 1.165) is 57.7 Å². The van der Waals surface area contributed by atoms with Crippen LogP contribution in [0.3, 0.4) is 0 Å². The molecule has 2 saturated heterocycles. The highest BCUT2D eigenvalue weighted by molar-refractivity contribution is 5.19. The molecule has 3 heterocycles. The smallest absolute Gasteiger partial charge is 0.124 e. The number of imidazole rings is 1. The van der Waals surface area contributed by atoms with Gasteiger partial charge in [-0.2, -0.15) is 0 Å². The minimum atomic E-state index is -0.437. The number of nitrogens with one attached hydrogen (secondary N) is 1. The van der Waals surface area contributed by atoms with Crippen LogP contribution in [-0.4, -0.2) is 65.1 Å². The van der Waals surface area contributed by atoms with E-state index in [1.165, 1.54) is 30.7 Å². The van der Waals surface area contributed by atoms with Gasteiger partial charge in [-0.15, -0.1) is 0 Å². The molecule has 0 saturated carbocycles. The van der Waals surface area contributed by atoms with E-state index < -0.39 is 6.10 Å². The Bertz CT molecular complexity index is 533. The van der Waals surface area contributed by atoms with Crippen LogP contribution in [0, 0.1) is 0 Å². The number of β-amino-alcohol motifs (C(OH)–C–C–N with tert-alkyl or cyclic N) is 1. The number of rotatable bonds is 6. The molecule has 2 N–H and O–H groups in total. The van der Waals surface area contributed by atoms with Gasteiger partial charge in [0.15, 0.2) is 0 Å². The van der Waals surface area contributed by atoms with Crippen molar-refractivity contribution in [1.82, 2.24) is 14.9 Å². The SMILES string of the molecule is O[C@@H](COC1CCOCC1)CN1CCC[C@H]1c1nc2c([nH]1)CCCC2. The third-order valence-electron chi connectivity index (χ3n) is 5.79. The van der Waals surface area contributed by atoms with Crippen LogP contribution in [0.5, 0.6) is 0 Å². The van der Waals surface area contributed by atoms with Crippen LogP contribution in [-0.2, 0) is 22.3 Å². The molecule has 1 aromatic heterocycles. The van der Waals surface area contributed by atoms with Crippen LogP contribution in [0.15, 0.2) is 0 Å². The second kappa shape index (κ2) is 8.16. The molecular formula is C19H31N3O3. The summed E-state index contributed by atoms with van der Waals surface area (Å²) in [5, 5.41) is 10.4. The zero-order valence-corrected chi connectivity index (χ0v) is 15.1. The molecular weight excluding hydrogens is 318 g/mol. The van der Waals surface area contributed by atoms with Crippen LogP contribution in [0.4, 0.5) is 0 Å². The van der Waals surface area contributed by atoms with Crippen molar-refractivity contribution < 1.29 is 14.6 Å². The van der Waals surface area contributed by atoms with Gasteiger partial charge >= 0.3 is 0 Å². The quantitative estimate of drug-likeness (QED) is 0.822. The summed E-state index contributed by atoms with van der Waals surface area (Å²) in [4.78, 5) is 10.8. The molecule has 0 radical (unpaired) electrons. The first-order chi connectivity index (χ1) is 12.3. The van der Waals surface area contributed by atoms with Crippen LogP contribution in [0.2, 0.25) is 0 Å². The van der Waals surface area contributed by atoms with Gasteiger partial charge < -0.3 is 19.6 Å². The van der Waals surface area contributed by atoms with Crippen LogP contribution in [0.25, 0.3) is 0 Å². The lowest BCUT2D eigenvalue weighted by atomic mass is 10.0. The molecule has 2 atom stereocenters. The number of hydrogen-bond donors (Lipinski definition) is 2. The van der Waals surface area contributed by atoms with Gasteiger partial charge in [-0.25, -0.2) is 4.98 Å². The molecule has 3 aliphatic rings. The topological polar surface area (TPSA) is 70.6 Å². The fraction of sp³-hybridized carbons (Fsp3) is 0.842. The maximum absolute atomic E-state index is 10.4. The maximum atomic E-state index is 10.4. The highest BCUT2D eigenvalue weighted by Gasteiger charge is 2.31. The number of hydrogen-bond acceptors (Lipinski definition) is 5. The maximum Gasteiger partial charge on any atom is 0.124 e. The lowest BCUT2D eigenvalue weighted by Gasteiger charge is -2.27. The second-order valence-electron chi connectivity index (χ2n) is 7.71. The standard InChI is InChI=1S/C19H31N3O3/c23-14(13-25-15-7-10-24-11-8-15)12-22-9-3-6-18(22)19-20-16-4-1-2-5-17(16)21-19/h14-15,18,23H,1-13H2,(H,20,21)/t14-,18+/m1/s1. The number of H-pyrrole nitrogens is 1. The largest absolute Gasteiger partial charge is 0.389 e. The number of aromatic amines is 1. The lowest BCUT2D eigenvalue weighted by molar-refractivity contribution is -0.0648. The number of aryl methyl sites for hydroxylation is 2. The molecule has 0 amide bonds. The molecule has 4 rings (SSSR count). The van der Waals surface area contributed by atoms with E-state index in [0.29, 0.717) is 19.2 Å². The van der Waals surface area contributed by atoms with Crippen molar-refractivity contribution in [3.05, 3.63) is 17.2 Å². The van der Waals surface area contributed by atoms with Crippen molar-refractivity contribution >= 4 is 0 Å². The summed E-state index contributed by atoms with van der Waals surface area (Å²) in [6, 6.07) is 0.323. The number of aliphatic hydroxyl groups excluding tert-OH is 1. The van der Waals surface area contributed by atoms with E-state index in [2.05, 4.69) is 9.88 Å². The average Bonchev–Trinajstić information content (AvgIpc) is 3.27. The average molecular weight is 349 g/mol.